The standard InChI is InChI=1S/C13H15BrN2O5/c14-10-4-3-9(16(19)20)7-12(10)21-6-5-11(13(17)18)15-8-1-2-8/h3-4,7-8,11,15H,1-2,5-6H2,(H,17,18). The Morgan fingerprint density at radius 3 is 2.86 bits per heavy atom. The molecule has 0 saturated heterocycles. The lowest BCUT2D eigenvalue weighted by Gasteiger charge is -2.14. The molecule has 0 amide bonds. The zero-order valence-electron chi connectivity index (χ0n) is 11.1. The molecule has 21 heavy (non-hydrogen) atoms. The molecule has 1 saturated carbocycles. The quantitative estimate of drug-likeness (QED) is 0.546. The van der Waals surface area contributed by atoms with Gasteiger partial charge in [-0.15, -0.1) is 0 Å². The first kappa shape index (κ1) is 15.7. The fraction of sp³-hybridized carbons (Fsp3) is 0.462. The molecule has 2 rings (SSSR count). The summed E-state index contributed by atoms with van der Waals surface area (Å²) in [7, 11) is 0. The maximum atomic E-state index is 11.1. The zero-order valence-corrected chi connectivity index (χ0v) is 12.7. The third-order valence-electron chi connectivity index (χ3n) is 3.10. The van der Waals surface area contributed by atoms with Crippen LogP contribution in [0.25, 0.3) is 0 Å². The van der Waals surface area contributed by atoms with Gasteiger partial charge in [-0.1, -0.05) is 0 Å². The number of nitrogens with one attached hydrogen (secondary N) is 1. The molecule has 2 N–H and O–H groups in total. The smallest absolute Gasteiger partial charge is 0.320 e. The first-order valence-electron chi connectivity index (χ1n) is 6.53. The number of carboxylic acid groups (broad SMARTS) is 1. The summed E-state index contributed by atoms with van der Waals surface area (Å²) >= 11 is 3.25. The number of aliphatic carboxylic acids is 1. The summed E-state index contributed by atoms with van der Waals surface area (Å²) in [4.78, 5) is 21.3. The van der Waals surface area contributed by atoms with Gasteiger partial charge in [-0.25, -0.2) is 0 Å². The third-order valence-corrected chi connectivity index (χ3v) is 3.76. The maximum absolute atomic E-state index is 11.1. The Morgan fingerprint density at radius 2 is 2.29 bits per heavy atom. The molecule has 1 unspecified atom stereocenters. The Hall–Kier alpha value is -1.67. The highest BCUT2D eigenvalue weighted by molar-refractivity contribution is 9.10. The Balaban J connectivity index is 1.90. The first-order valence-corrected chi connectivity index (χ1v) is 7.32. The van der Waals surface area contributed by atoms with Crippen molar-refractivity contribution in [3.63, 3.8) is 0 Å². The highest BCUT2D eigenvalue weighted by atomic mass is 79.9. The van der Waals surface area contributed by atoms with E-state index in [1.807, 2.05) is 0 Å². The Kier molecular flexibility index (Phi) is 5.13. The minimum Gasteiger partial charge on any atom is -0.492 e. The average Bonchev–Trinajstić information content (AvgIpc) is 3.23. The van der Waals surface area contributed by atoms with Crippen LogP contribution in [0.4, 0.5) is 5.69 Å². The van der Waals surface area contributed by atoms with E-state index in [1.54, 1.807) is 0 Å². The van der Waals surface area contributed by atoms with Gasteiger partial charge in [0.2, 0.25) is 0 Å². The second-order valence-electron chi connectivity index (χ2n) is 4.84. The van der Waals surface area contributed by atoms with Crippen LogP contribution < -0.4 is 10.1 Å². The lowest BCUT2D eigenvalue weighted by atomic mass is 10.2. The fourth-order valence-electron chi connectivity index (χ4n) is 1.82. The van der Waals surface area contributed by atoms with E-state index < -0.39 is 16.9 Å². The predicted molar refractivity (Wildman–Crippen MR) is 78.5 cm³/mol. The minimum atomic E-state index is -0.913. The van der Waals surface area contributed by atoms with Gasteiger partial charge in [0, 0.05) is 18.5 Å². The van der Waals surface area contributed by atoms with Crippen molar-refractivity contribution in [2.24, 2.45) is 0 Å². The van der Waals surface area contributed by atoms with Crippen LogP contribution >= 0.6 is 15.9 Å². The summed E-state index contributed by atoms with van der Waals surface area (Å²) < 4.78 is 6.05. The van der Waals surface area contributed by atoms with Gasteiger partial charge in [-0.05, 0) is 34.8 Å². The SMILES string of the molecule is O=C(O)C(CCOc1cc([N+](=O)[O-])ccc1Br)NC1CC1. The number of rotatable bonds is 8. The number of hydrogen-bond donors (Lipinski definition) is 2. The normalized spacial score (nSPS) is 15.5. The summed E-state index contributed by atoms with van der Waals surface area (Å²) in [6.45, 7) is 0.163. The van der Waals surface area contributed by atoms with Crippen molar-refractivity contribution < 1.29 is 19.6 Å². The van der Waals surface area contributed by atoms with Gasteiger partial charge in [-0.2, -0.15) is 0 Å². The van der Waals surface area contributed by atoms with Gasteiger partial charge in [0.25, 0.3) is 5.69 Å². The highest BCUT2D eigenvalue weighted by Gasteiger charge is 2.28. The van der Waals surface area contributed by atoms with E-state index in [2.05, 4.69) is 21.2 Å². The molecule has 0 bridgehead atoms. The summed E-state index contributed by atoms with van der Waals surface area (Å²) in [5, 5.41) is 22.8. The molecule has 0 spiro atoms. The summed E-state index contributed by atoms with van der Waals surface area (Å²) in [5.41, 5.74) is -0.0703. The van der Waals surface area contributed by atoms with Crippen molar-refractivity contribution in [2.75, 3.05) is 6.61 Å². The molecule has 7 nitrogen and oxygen atoms in total. The van der Waals surface area contributed by atoms with Crippen molar-refractivity contribution in [3.05, 3.63) is 32.8 Å². The van der Waals surface area contributed by atoms with Gasteiger partial charge in [0.05, 0.1) is 22.1 Å². The van der Waals surface area contributed by atoms with Gasteiger partial charge in [0.1, 0.15) is 11.8 Å². The molecule has 1 aromatic rings. The Labute approximate surface area is 129 Å². The third kappa shape index (κ3) is 4.68. The van der Waals surface area contributed by atoms with E-state index in [0.717, 1.165) is 12.8 Å². The molecule has 0 aliphatic heterocycles. The van der Waals surface area contributed by atoms with Crippen LogP contribution in [0.5, 0.6) is 5.75 Å². The van der Waals surface area contributed by atoms with E-state index in [4.69, 9.17) is 9.84 Å². The van der Waals surface area contributed by atoms with Crippen molar-refractivity contribution in [1.82, 2.24) is 5.32 Å². The Morgan fingerprint density at radius 1 is 1.57 bits per heavy atom. The number of benzene rings is 1. The van der Waals surface area contributed by atoms with E-state index in [9.17, 15) is 14.9 Å². The Bertz CT molecular complexity index is 547. The van der Waals surface area contributed by atoms with E-state index in [0.29, 0.717) is 16.6 Å². The van der Waals surface area contributed by atoms with Gasteiger partial charge in [-0.3, -0.25) is 14.9 Å². The van der Waals surface area contributed by atoms with Crippen LogP contribution in [0, 0.1) is 10.1 Å². The van der Waals surface area contributed by atoms with E-state index in [-0.39, 0.29) is 18.3 Å². The number of non-ortho nitro benzene ring substituents is 1. The predicted octanol–water partition coefficient (Wildman–Crippen LogP) is 2.33. The molecule has 1 fully saturated rings. The lowest BCUT2D eigenvalue weighted by Crippen LogP contribution is -2.39. The van der Waals surface area contributed by atoms with Crippen LogP contribution in [0.1, 0.15) is 19.3 Å². The number of nitrogens with zero attached hydrogens (tertiary/aromatic N) is 1. The van der Waals surface area contributed by atoms with Crippen LogP contribution in [-0.4, -0.2) is 34.7 Å². The van der Waals surface area contributed by atoms with Crippen LogP contribution in [0.2, 0.25) is 0 Å². The number of carboxylic acids is 1. The summed E-state index contributed by atoms with van der Waals surface area (Å²) in [6, 6.07) is 3.84. The van der Waals surface area contributed by atoms with Gasteiger partial charge < -0.3 is 15.2 Å². The maximum Gasteiger partial charge on any atom is 0.320 e. The second kappa shape index (κ2) is 6.86. The number of carbonyl (C=O) groups is 1. The summed E-state index contributed by atoms with van der Waals surface area (Å²) in [5.74, 6) is -0.580. The minimum absolute atomic E-state index is 0.0703. The lowest BCUT2D eigenvalue weighted by molar-refractivity contribution is -0.385. The van der Waals surface area contributed by atoms with Crippen LogP contribution in [0.15, 0.2) is 22.7 Å². The van der Waals surface area contributed by atoms with Crippen LogP contribution in [0.3, 0.4) is 0 Å². The molecule has 1 aliphatic carbocycles. The molecular weight excluding hydrogens is 344 g/mol. The van der Waals surface area contributed by atoms with Crippen molar-refractivity contribution in [3.8, 4) is 5.75 Å². The molecule has 0 radical (unpaired) electrons. The molecule has 1 aliphatic rings. The number of halogens is 1. The topological polar surface area (TPSA) is 102 Å². The van der Waals surface area contributed by atoms with Gasteiger partial charge >= 0.3 is 5.97 Å². The number of nitro benzene ring substituents is 1. The van der Waals surface area contributed by atoms with E-state index >= 15 is 0 Å². The molecule has 0 heterocycles. The van der Waals surface area contributed by atoms with Crippen molar-refractivity contribution in [2.45, 2.75) is 31.3 Å². The highest BCUT2D eigenvalue weighted by Crippen LogP contribution is 2.29. The summed E-state index contributed by atoms with van der Waals surface area (Å²) in [6.07, 6.45) is 2.29. The monoisotopic (exact) mass is 358 g/mol. The second-order valence-corrected chi connectivity index (χ2v) is 5.70. The van der Waals surface area contributed by atoms with Crippen LogP contribution in [-0.2, 0) is 4.79 Å². The average molecular weight is 359 g/mol. The molecular formula is C13H15BrN2O5. The molecule has 114 valence electrons. The number of nitro groups is 1. The van der Waals surface area contributed by atoms with E-state index in [1.165, 1.54) is 18.2 Å². The molecule has 0 aromatic heterocycles. The molecule has 1 aromatic carbocycles. The number of hydrogen-bond acceptors (Lipinski definition) is 5. The van der Waals surface area contributed by atoms with Gasteiger partial charge in [0.15, 0.2) is 0 Å². The molecule has 1 atom stereocenters. The fourth-order valence-corrected chi connectivity index (χ4v) is 2.18. The van der Waals surface area contributed by atoms with Crippen molar-refractivity contribution >= 4 is 27.6 Å². The van der Waals surface area contributed by atoms with Crippen molar-refractivity contribution in [1.29, 1.82) is 0 Å². The zero-order chi connectivity index (χ0) is 15.4. The number of ether oxygens (including phenoxy) is 1. The molecule has 8 heteroatoms. The first-order chi connectivity index (χ1) is 9.97. The largest absolute Gasteiger partial charge is 0.492 e.